The highest BCUT2D eigenvalue weighted by Crippen LogP contribution is 2.39. The van der Waals surface area contributed by atoms with Crippen LogP contribution in [0.1, 0.15) is 55.3 Å². The summed E-state index contributed by atoms with van der Waals surface area (Å²) in [6, 6.07) is 5.08. The third kappa shape index (κ3) is 4.00. The van der Waals surface area contributed by atoms with E-state index in [1.54, 1.807) is 11.0 Å². The van der Waals surface area contributed by atoms with Gasteiger partial charge in [-0.1, -0.05) is 0 Å². The minimum Gasteiger partial charge on any atom is -0.478 e. The maximum Gasteiger partial charge on any atom is 0.335 e. The van der Waals surface area contributed by atoms with Gasteiger partial charge in [-0.2, -0.15) is 0 Å². The molecule has 0 aromatic heterocycles. The Bertz CT molecular complexity index is 815. The van der Waals surface area contributed by atoms with Gasteiger partial charge in [0.15, 0.2) is 6.54 Å². The molecule has 0 bridgehead atoms. The maximum absolute atomic E-state index is 13.0. The lowest BCUT2D eigenvalue weighted by atomic mass is 9.90. The van der Waals surface area contributed by atoms with Crippen molar-refractivity contribution in [3.63, 3.8) is 0 Å². The van der Waals surface area contributed by atoms with Gasteiger partial charge in [-0.15, -0.1) is 0 Å². The molecule has 1 heterocycles. The summed E-state index contributed by atoms with van der Waals surface area (Å²) in [6.45, 7) is 0.150. The Morgan fingerprint density at radius 1 is 1.07 bits per heavy atom. The van der Waals surface area contributed by atoms with Crippen molar-refractivity contribution in [2.45, 2.75) is 63.1 Å². The summed E-state index contributed by atoms with van der Waals surface area (Å²) in [5.74, 6) is -1.36. The highest BCUT2D eigenvalue weighted by molar-refractivity contribution is 6.12. The van der Waals surface area contributed by atoms with Gasteiger partial charge in [-0.25, -0.2) is 4.79 Å². The van der Waals surface area contributed by atoms with E-state index >= 15 is 0 Å². The van der Waals surface area contributed by atoms with Crippen LogP contribution in [-0.4, -0.2) is 59.3 Å². The summed E-state index contributed by atoms with van der Waals surface area (Å²) in [6.07, 6.45) is 5.92. The number of rotatable bonds is 5. The van der Waals surface area contributed by atoms with Crippen LogP contribution in [0, 0.1) is 0 Å². The molecule has 0 spiro atoms. The number of quaternary nitrogens is 1. The predicted molar refractivity (Wildman–Crippen MR) is 106 cm³/mol. The van der Waals surface area contributed by atoms with Gasteiger partial charge in [-0.05, 0) is 50.3 Å². The quantitative estimate of drug-likeness (QED) is 0.663. The van der Waals surface area contributed by atoms with Crippen molar-refractivity contribution in [3.05, 3.63) is 23.8 Å². The zero-order valence-corrected chi connectivity index (χ0v) is 16.4. The van der Waals surface area contributed by atoms with E-state index in [1.165, 1.54) is 17.0 Å². The standard InChI is InChI=1S/C21H27N3O5/c25-16-7-5-14(6-8-16)22-11-19(26)23-12-20(27)24(15-2-1-3-15)17-9-4-13(21(28)29)10-18(17)23/h4,9-10,14-16,22,25H,1-3,5-8,11-12H2,(H,28,29)/p+1. The number of hydrogen-bond acceptors (Lipinski definition) is 4. The van der Waals surface area contributed by atoms with Crippen LogP contribution in [0.2, 0.25) is 0 Å². The Hall–Kier alpha value is -2.45. The minimum atomic E-state index is -1.06. The molecule has 4 N–H and O–H groups in total. The Balaban J connectivity index is 1.54. The van der Waals surface area contributed by atoms with Gasteiger partial charge in [0.2, 0.25) is 5.91 Å². The van der Waals surface area contributed by atoms with Crippen LogP contribution >= 0.6 is 0 Å². The van der Waals surface area contributed by atoms with Crippen molar-refractivity contribution in [3.8, 4) is 0 Å². The number of carboxylic acid groups (broad SMARTS) is 1. The molecule has 4 rings (SSSR count). The number of aromatic carboxylic acids is 1. The average molecular weight is 402 g/mol. The number of nitrogens with two attached hydrogens (primary N) is 1. The van der Waals surface area contributed by atoms with Crippen molar-refractivity contribution in [1.82, 2.24) is 0 Å². The molecule has 0 saturated heterocycles. The maximum atomic E-state index is 13.0. The number of aliphatic hydroxyl groups is 1. The molecule has 8 heteroatoms. The Morgan fingerprint density at radius 3 is 2.41 bits per heavy atom. The molecule has 29 heavy (non-hydrogen) atoms. The SMILES string of the molecule is O=C(O)c1ccc2c(c1)N(C(=O)C[NH2+]C1CCC(O)CC1)CC(=O)N2C1CCC1. The predicted octanol–water partition coefficient (Wildman–Crippen LogP) is 0.484. The first-order chi connectivity index (χ1) is 13.9. The summed E-state index contributed by atoms with van der Waals surface area (Å²) in [4.78, 5) is 40.5. The van der Waals surface area contributed by atoms with Crippen LogP contribution in [0.25, 0.3) is 0 Å². The third-order valence-corrected chi connectivity index (χ3v) is 6.44. The summed E-state index contributed by atoms with van der Waals surface area (Å²) >= 11 is 0. The van der Waals surface area contributed by atoms with Gasteiger partial charge in [0, 0.05) is 18.9 Å². The number of hydrogen-bond donors (Lipinski definition) is 3. The lowest BCUT2D eigenvalue weighted by Gasteiger charge is -2.43. The van der Waals surface area contributed by atoms with Crippen molar-refractivity contribution >= 4 is 29.2 Å². The number of benzene rings is 1. The number of aliphatic hydroxyl groups excluding tert-OH is 1. The molecule has 0 radical (unpaired) electrons. The Morgan fingerprint density at radius 2 is 1.79 bits per heavy atom. The number of nitrogens with zero attached hydrogens (tertiary/aromatic N) is 2. The first kappa shape index (κ1) is 19.8. The number of carbonyl (C=O) groups excluding carboxylic acids is 2. The van der Waals surface area contributed by atoms with E-state index in [2.05, 4.69) is 0 Å². The van der Waals surface area contributed by atoms with Crippen LogP contribution in [-0.2, 0) is 9.59 Å². The van der Waals surface area contributed by atoms with E-state index in [0.29, 0.717) is 17.4 Å². The van der Waals surface area contributed by atoms with Crippen LogP contribution in [0.15, 0.2) is 18.2 Å². The minimum absolute atomic E-state index is 0.0529. The topological polar surface area (TPSA) is 115 Å². The molecule has 156 valence electrons. The van der Waals surface area contributed by atoms with E-state index in [-0.39, 0.29) is 42.6 Å². The Labute approximate surface area is 169 Å². The fourth-order valence-corrected chi connectivity index (χ4v) is 4.49. The van der Waals surface area contributed by atoms with Crippen LogP contribution in [0.5, 0.6) is 0 Å². The highest BCUT2D eigenvalue weighted by Gasteiger charge is 2.39. The fraction of sp³-hybridized carbons (Fsp3) is 0.571. The normalized spacial score (nSPS) is 24.8. The molecule has 0 unspecified atom stereocenters. The van der Waals surface area contributed by atoms with Gasteiger partial charge in [0.05, 0.1) is 29.1 Å². The number of amides is 2. The summed E-state index contributed by atoms with van der Waals surface area (Å²) in [7, 11) is 0. The fourth-order valence-electron chi connectivity index (χ4n) is 4.49. The van der Waals surface area contributed by atoms with Crippen molar-refractivity contribution < 1.29 is 29.9 Å². The number of anilines is 2. The number of carbonyl (C=O) groups is 3. The summed E-state index contributed by atoms with van der Waals surface area (Å²) in [5.41, 5.74) is 1.24. The van der Waals surface area contributed by atoms with Crippen molar-refractivity contribution in [2.24, 2.45) is 0 Å². The molecule has 3 aliphatic rings. The van der Waals surface area contributed by atoms with Crippen molar-refractivity contribution in [2.75, 3.05) is 22.9 Å². The lowest BCUT2D eigenvalue weighted by Crippen LogP contribution is -2.92. The van der Waals surface area contributed by atoms with E-state index in [9.17, 15) is 24.6 Å². The molecule has 1 aromatic rings. The number of carboxylic acids is 1. The van der Waals surface area contributed by atoms with E-state index in [4.69, 9.17) is 0 Å². The molecular weight excluding hydrogens is 374 g/mol. The first-order valence-electron chi connectivity index (χ1n) is 10.4. The summed E-state index contributed by atoms with van der Waals surface area (Å²) < 4.78 is 0. The molecule has 2 amide bonds. The van der Waals surface area contributed by atoms with Gasteiger partial charge in [0.1, 0.15) is 6.54 Å². The second-order valence-electron chi connectivity index (χ2n) is 8.35. The van der Waals surface area contributed by atoms with Gasteiger partial charge in [-0.3, -0.25) is 14.5 Å². The van der Waals surface area contributed by atoms with Crippen LogP contribution in [0.4, 0.5) is 11.4 Å². The molecule has 1 aliphatic heterocycles. The summed E-state index contributed by atoms with van der Waals surface area (Å²) in [5, 5.41) is 21.0. The van der Waals surface area contributed by atoms with Gasteiger partial charge in [0.25, 0.3) is 5.91 Å². The molecular formula is C21H28N3O5+. The van der Waals surface area contributed by atoms with Crippen LogP contribution < -0.4 is 15.1 Å². The van der Waals surface area contributed by atoms with Gasteiger partial charge >= 0.3 is 5.97 Å². The molecule has 0 atom stereocenters. The molecule has 2 aliphatic carbocycles. The van der Waals surface area contributed by atoms with E-state index in [0.717, 1.165) is 44.9 Å². The first-order valence-corrected chi connectivity index (χ1v) is 10.4. The molecule has 2 fully saturated rings. The third-order valence-electron chi connectivity index (χ3n) is 6.44. The highest BCUT2D eigenvalue weighted by atomic mass is 16.4. The lowest BCUT2D eigenvalue weighted by molar-refractivity contribution is -0.682. The van der Waals surface area contributed by atoms with Gasteiger partial charge < -0.3 is 20.4 Å². The van der Waals surface area contributed by atoms with E-state index < -0.39 is 5.97 Å². The second kappa shape index (κ2) is 8.12. The molecule has 2 saturated carbocycles. The monoisotopic (exact) mass is 402 g/mol. The van der Waals surface area contributed by atoms with Crippen molar-refractivity contribution in [1.29, 1.82) is 0 Å². The second-order valence-corrected chi connectivity index (χ2v) is 8.35. The molecule has 8 nitrogen and oxygen atoms in total. The Kier molecular flexibility index (Phi) is 5.56. The smallest absolute Gasteiger partial charge is 0.335 e. The van der Waals surface area contributed by atoms with Crippen LogP contribution in [0.3, 0.4) is 0 Å². The molecule has 1 aromatic carbocycles. The van der Waals surface area contributed by atoms with E-state index in [1.807, 2.05) is 5.32 Å². The largest absolute Gasteiger partial charge is 0.478 e. The zero-order chi connectivity index (χ0) is 20.5. The number of fused-ring (bicyclic) bond motifs is 1. The average Bonchev–Trinajstić information content (AvgIpc) is 2.67. The zero-order valence-electron chi connectivity index (χ0n) is 16.4.